The fourth-order valence-electron chi connectivity index (χ4n) is 1.08. The second-order valence-electron chi connectivity index (χ2n) is 3.16. The predicted molar refractivity (Wildman–Crippen MR) is 63.4 cm³/mol. The van der Waals surface area contributed by atoms with Crippen LogP contribution in [-0.4, -0.2) is 35.7 Å². The highest BCUT2D eigenvalue weighted by atomic mass is 28.3. The van der Waals surface area contributed by atoms with Crippen molar-refractivity contribution in [3.8, 4) is 0 Å². The molecule has 0 heterocycles. The third-order valence-corrected chi connectivity index (χ3v) is 3.90. The monoisotopic (exact) mass is 219 g/mol. The highest BCUT2D eigenvalue weighted by Gasteiger charge is 2.07. The molecule has 86 valence electrons. The highest BCUT2D eigenvalue weighted by Crippen LogP contribution is 1.82. The lowest BCUT2D eigenvalue weighted by Gasteiger charge is -2.17. The molecule has 0 spiro atoms. The van der Waals surface area contributed by atoms with Crippen molar-refractivity contribution in [2.45, 2.75) is 33.6 Å². The summed E-state index contributed by atoms with van der Waals surface area (Å²) in [5.74, 6) is 0. The highest BCUT2D eigenvalue weighted by molar-refractivity contribution is 6.45. The van der Waals surface area contributed by atoms with Gasteiger partial charge in [-0.1, -0.05) is 27.2 Å². The van der Waals surface area contributed by atoms with Gasteiger partial charge >= 0.3 is 9.36 Å². The van der Waals surface area contributed by atoms with Gasteiger partial charge in [-0.15, -0.1) is 0 Å². The molecule has 0 aliphatic heterocycles. The smallest absolute Gasteiger partial charge is 0.336 e. The van der Waals surface area contributed by atoms with Crippen LogP contribution >= 0.6 is 0 Å². The zero-order valence-electron chi connectivity index (χ0n) is 9.73. The van der Waals surface area contributed by atoms with Gasteiger partial charge in [0.05, 0.1) is 6.73 Å². The average molecular weight is 219 g/mol. The van der Waals surface area contributed by atoms with Gasteiger partial charge in [-0.2, -0.15) is 0 Å². The van der Waals surface area contributed by atoms with Gasteiger partial charge in [-0.3, -0.25) is 5.32 Å². The van der Waals surface area contributed by atoms with Gasteiger partial charge in [0.15, 0.2) is 0 Å². The lowest BCUT2D eigenvalue weighted by Crippen LogP contribution is -2.51. The number of unbranched alkanes of at least 4 members (excludes halogenated alkanes) is 1. The van der Waals surface area contributed by atoms with Crippen LogP contribution in [0.4, 0.5) is 0 Å². The van der Waals surface area contributed by atoms with E-state index in [0.717, 1.165) is 19.6 Å². The van der Waals surface area contributed by atoms with Crippen molar-refractivity contribution >= 4 is 9.36 Å². The van der Waals surface area contributed by atoms with Crippen LogP contribution in [0, 0.1) is 0 Å². The van der Waals surface area contributed by atoms with Crippen molar-refractivity contribution in [2.75, 3.05) is 26.4 Å². The maximum Gasteiger partial charge on any atom is 0.336 e. The summed E-state index contributed by atoms with van der Waals surface area (Å²) in [7, 11) is -1.35. The number of rotatable bonds is 10. The van der Waals surface area contributed by atoms with E-state index in [-0.39, 0.29) is 0 Å². The van der Waals surface area contributed by atoms with E-state index in [9.17, 15) is 0 Å². The SMILES string of the molecule is CCCCNCO[SiH](NCC)NCC. The van der Waals surface area contributed by atoms with E-state index in [2.05, 4.69) is 36.1 Å². The largest absolute Gasteiger partial charge is 0.381 e. The Bertz CT molecular complexity index is 110. The maximum atomic E-state index is 5.68. The van der Waals surface area contributed by atoms with Gasteiger partial charge in [-0.25, -0.2) is 0 Å². The molecule has 3 N–H and O–H groups in total. The molecule has 0 bridgehead atoms. The fourth-order valence-corrected chi connectivity index (χ4v) is 2.48. The van der Waals surface area contributed by atoms with Crippen LogP contribution in [0.15, 0.2) is 0 Å². The molecule has 14 heavy (non-hydrogen) atoms. The topological polar surface area (TPSA) is 45.3 Å². The van der Waals surface area contributed by atoms with Crippen molar-refractivity contribution in [2.24, 2.45) is 0 Å². The number of hydrogen-bond acceptors (Lipinski definition) is 4. The molecule has 0 saturated heterocycles. The van der Waals surface area contributed by atoms with Crippen molar-refractivity contribution in [3.63, 3.8) is 0 Å². The van der Waals surface area contributed by atoms with Crippen molar-refractivity contribution in [3.05, 3.63) is 0 Å². The van der Waals surface area contributed by atoms with Crippen LogP contribution in [0.1, 0.15) is 33.6 Å². The molecule has 0 aromatic heterocycles. The van der Waals surface area contributed by atoms with E-state index in [1.807, 2.05) is 0 Å². The summed E-state index contributed by atoms with van der Waals surface area (Å²) >= 11 is 0. The van der Waals surface area contributed by atoms with Gasteiger partial charge in [0.2, 0.25) is 0 Å². The van der Waals surface area contributed by atoms with Gasteiger partial charge in [-0.05, 0) is 26.1 Å². The Morgan fingerprint density at radius 3 is 2.21 bits per heavy atom. The lowest BCUT2D eigenvalue weighted by atomic mass is 10.3. The van der Waals surface area contributed by atoms with Crippen molar-refractivity contribution in [1.82, 2.24) is 15.3 Å². The van der Waals surface area contributed by atoms with E-state index in [4.69, 9.17) is 4.43 Å². The summed E-state index contributed by atoms with van der Waals surface area (Å²) in [6.45, 7) is 10.1. The number of nitrogens with one attached hydrogen (secondary N) is 3. The second kappa shape index (κ2) is 11.1. The molecule has 0 saturated carbocycles. The van der Waals surface area contributed by atoms with Gasteiger partial charge in [0.1, 0.15) is 0 Å². The second-order valence-corrected chi connectivity index (χ2v) is 5.07. The van der Waals surface area contributed by atoms with E-state index in [1.165, 1.54) is 12.8 Å². The summed E-state index contributed by atoms with van der Waals surface area (Å²) in [5, 5.41) is 3.27. The summed E-state index contributed by atoms with van der Waals surface area (Å²) in [6, 6.07) is 0. The molecule has 0 radical (unpaired) electrons. The molecule has 0 amide bonds. The first-order chi connectivity index (χ1) is 6.85. The minimum atomic E-state index is -1.35. The maximum absolute atomic E-state index is 5.68. The zero-order chi connectivity index (χ0) is 10.6. The summed E-state index contributed by atoms with van der Waals surface area (Å²) < 4.78 is 5.68. The quantitative estimate of drug-likeness (QED) is 0.281. The molecule has 0 aliphatic rings. The van der Waals surface area contributed by atoms with E-state index in [1.54, 1.807) is 0 Å². The molecule has 0 fully saturated rings. The zero-order valence-corrected chi connectivity index (χ0v) is 10.9. The van der Waals surface area contributed by atoms with Crippen molar-refractivity contribution in [1.29, 1.82) is 0 Å². The van der Waals surface area contributed by atoms with E-state index >= 15 is 0 Å². The van der Waals surface area contributed by atoms with Crippen LogP contribution < -0.4 is 15.3 Å². The van der Waals surface area contributed by atoms with Crippen LogP contribution in [0.25, 0.3) is 0 Å². The van der Waals surface area contributed by atoms with Crippen LogP contribution in [0.5, 0.6) is 0 Å². The van der Waals surface area contributed by atoms with Gasteiger partial charge in [0, 0.05) is 0 Å². The van der Waals surface area contributed by atoms with Crippen LogP contribution in [0.2, 0.25) is 0 Å². The third-order valence-electron chi connectivity index (χ3n) is 1.84. The lowest BCUT2D eigenvalue weighted by molar-refractivity contribution is 0.270. The first-order valence-corrected chi connectivity index (χ1v) is 7.26. The molecule has 5 heteroatoms. The van der Waals surface area contributed by atoms with E-state index in [0.29, 0.717) is 6.73 Å². The normalized spacial score (nSPS) is 11.1. The average Bonchev–Trinajstić information content (AvgIpc) is 2.18. The van der Waals surface area contributed by atoms with Crippen LogP contribution in [0.3, 0.4) is 0 Å². The molecule has 0 aromatic rings. The standard InChI is InChI=1S/C9H25N3OSi/c1-4-7-8-10-9-13-14(11-5-2)12-6-3/h10-12,14H,4-9H2,1-3H3. The van der Waals surface area contributed by atoms with Crippen LogP contribution in [-0.2, 0) is 4.43 Å². The van der Waals surface area contributed by atoms with Crippen molar-refractivity contribution < 1.29 is 4.43 Å². The summed E-state index contributed by atoms with van der Waals surface area (Å²) in [4.78, 5) is 6.68. The van der Waals surface area contributed by atoms with Gasteiger partial charge in [0.25, 0.3) is 0 Å². The molecule has 0 rings (SSSR count). The summed E-state index contributed by atoms with van der Waals surface area (Å²) in [5.41, 5.74) is 0. The minimum Gasteiger partial charge on any atom is -0.381 e. The minimum absolute atomic E-state index is 0.664. The molecular weight excluding hydrogens is 194 g/mol. The first-order valence-electron chi connectivity index (χ1n) is 5.64. The molecule has 0 aromatic carbocycles. The Labute approximate surface area is 89.7 Å². The molecule has 4 nitrogen and oxygen atoms in total. The molecular formula is C9H25N3OSi. The van der Waals surface area contributed by atoms with Gasteiger partial charge < -0.3 is 14.4 Å². The molecule has 0 atom stereocenters. The first kappa shape index (κ1) is 14.1. The Kier molecular flexibility index (Phi) is 11.2. The Hall–Kier alpha value is 0.0569. The number of hydrogen-bond donors (Lipinski definition) is 3. The summed E-state index contributed by atoms with van der Waals surface area (Å²) in [6.07, 6.45) is 2.45. The van der Waals surface area contributed by atoms with E-state index < -0.39 is 9.36 Å². The Morgan fingerprint density at radius 2 is 1.71 bits per heavy atom. The predicted octanol–water partition coefficient (Wildman–Crippen LogP) is 0.286. The Balaban J connectivity index is 3.30. The third kappa shape index (κ3) is 8.65. The molecule has 0 aliphatic carbocycles. The molecule has 0 unspecified atom stereocenters. The fraction of sp³-hybridized carbons (Fsp3) is 1.00. The Morgan fingerprint density at radius 1 is 1.07 bits per heavy atom.